The highest BCUT2D eigenvalue weighted by atomic mass is 16.5. The molecule has 2 rings (SSSR count). The van der Waals surface area contributed by atoms with Crippen LogP contribution >= 0.6 is 0 Å². The van der Waals surface area contributed by atoms with Crippen LogP contribution in [0.4, 0.5) is 5.69 Å². The summed E-state index contributed by atoms with van der Waals surface area (Å²) in [5.74, 6) is 1.40. The zero-order valence-corrected chi connectivity index (χ0v) is 13.2. The van der Waals surface area contributed by atoms with Crippen molar-refractivity contribution in [3.05, 3.63) is 53.6 Å². The van der Waals surface area contributed by atoms with E-state index >= 15 is 0 Å². The first-order valence-electron chi connectivity index (χ1n) is 7.20. The Bertz CT molecular complexity index is 653. The van der Waals surface area contributed by atoms with Crippen LogP contribution in [0.1, 0.15) is 18.1 Å². The minimum absolute atomic E-state index is 0.0569. The van der Waals surface area contributed by atoms with Gasteiger partial charge in [-0.2, -0.15) is 0 Å². The maximum absolute atomic E-state index is 11.3. The Labute approximate surface area is 131 Å². The summed E-state index contributed by atoms with van der Waals surface area (Å²) in [4.78, 5) is 11.3. The molecule has 0 radical (unpaired) electrons. The molecule has 0 spiro atoms. The van der Waals surface area contributed by atoms with Crippen LogP contribution in [0.5, 0.6) is 11.5 Å². The second kappa shape index (κ2) is 7.50. The summed E-state index contributed by atoms with van der Waals surface area (Å²) >= 11 is 0. The van der Waals surface area contributed by atoms with Crippen LogP contribution < -0.4 is 14.8 Å². The van der Waals surface area contributed by atoms with E-state index in [2.05, 4.69) is 5.32 Å². The molecular weight excluding hydrogens is 278 g/mol. The van der Waals surface area contributed by atoms with Gasteiger partial charge in [0.25, 0.3) is 0 Å². The molecule has 2 aromatic rings. The molecule has 0 atom stereocenters. The number of methoxy groups -OCH3 is 2. The third-order valence-corrected chi connectivity index (χ3v) is 3.46. The average molecular weight is 299 g/mol. The first-order valence-corrected chi connectivity index (χ1v) is 7.20. The number of ether oxygens (including phenoxy) is 2. The number of hydrogen-bond acceptors (Lipinski definition) is 3. The van der Waals surface area contributed by atoms with Crippen molar-refractivity contribution in [1.29, 1.82) is 0 Å². The molecule has 22 heavy (non-hydrogen) atoms. The molecule has 0 aliphatic rings. The smallest absolute Gasteiger partial charge is 0.221 e. The Morgan fingerprint density at radius 2 is 1.73 bits per heavy atom. The largest absolute Gasteiger partial charge is 0.493 e. The Balaban J connectivity index is 2.12. The second-order valence-electron chi connectivity index (χ2n) is 5.03. The zero-order valence-electron chi connectivity index (χ0n) is 13.2. The molecule has 0 bridgehead atoms. The number of carbonyl (C=O) groups is 1. The predicted octanol–water partition coefficient (Wildman–Crippen LogP) is 3.45. The summed E-state index contributed by atoms with van der Waals surface area (Å²) in [5.41, 5.74) is 3.15. The number of carbonyl (C=O) groups excluding carboxylic acids is 1. The normalized spacial score (nSPS) is 10.1. The summed E-state index contributed by atoms with van der Waals surface area (Å²) in [6.07, 6.45) is 1.70. The summed E-state index contributed by atoms with van der Waals surface area (Å²) < 4.78 is 10.6. The van der Waals surface area contributed by atoms with Crippen LogP contribution in [-0.4, -0.2) is 20.1 Å². The lowest BCUT2D eigenvalue weighted by atomic mass is 10.0. The number of rotatable bonds is 6. The van der Waals surface area contributed by atoms with Crippen molar-refractivity contribution in [1.82, 2.24) is 0 Å². The van der Waals surface area contributed by atoms with Gasteiger partial charge in [0.15, 0.2) is 11.5 Å². The summed E-state index contributed by atoms with van der Waals surface area (Å²) in [5, 5.41) is 2.87. The molecule has 1 N–H and O–H groups in total. The molecule has 0 saturated heterocycles. The fourth-order valence-corrected chi connectivity index (χ4v) is 2.37. The number of amides is 1. The molecule has 116 valence electrons. The molecule has 1 amide bonds. The molecule has 2 aromatic carbocycles. The third-order valence-electron chi connectivity index (χ3n) is 3.46. The molecule has 0 fully saturated rings. The molecule has 0 aromatic heterocycles. The number of aryl methyl sites for hydroxylation is 2. The van der Waals surface area contributed by atoms with Gasteiger partial charge in [0, 0.05) is 12.6 Å². The molecule has 0 heterocycles. The van der Waals surface area contributed by atoms with Gasteiger partial charge in [-0.15, -0.1) is 0 Å². The highest BCUT2D eigenvalue weighted by Gasteiger charge is 2.07. The van der Waals surface area contributed by atoms with E-state index in [9.17, 15) is 4.79 Å². The fourth-order valence-electron chi connectivity index (χ4n) is 2.37. The van der Waals surface area contributed by atoms with E-state index in [-0.39, 0.29) is 5.91 Å². The van der Waals surface area contributed by atoms with Gasteiger partial charge < -0.3 is 14.8 Å². The number of anilines is 1. The van der Waals surface area contributed by atoms with Crippen LogP contribution in [0.25, 0.3) is 0 Å². The summed E-state index contributed by atoms with van der Waals surface area (Å²) in [7, 11) is 3.26. The number of hydrogen-bond donors (Lipinski definition) is 1. The van der Waals surface area contributed by atoms with Crippen molar-refractivity contribution < 1.29 is 14.3 Å². The van der Waals surface area contributed by atoms with Crippen LogP contribution in [-0.2, 0) is 17.6 Å². The van der Waals surface area contributed by atoms with E-state index in [4.69, 9.17) is 9.47 Å². The van der Waals surface area contributed by atoms with Crippen molar-refractivity contribution in [3.63, 3.8) is 0 Å². The SMILES string of the molecule is COc1ccc(CCc2ccccc2NC(C)=O)cc1OC. The van der Waals surface area contributed by atoms with E-state index in [0.717, 1.165) is 41.2 Å². The molecule has 4 heteroatoms. The van der Waals surface area contributed by atoms with E-state index < -0.39 is 0 Å². The lowest BCUT2D eigenvalue weighted by molar-refractivity contribution is -0.114. The number of para-hydroxylation sites is 1. The van der Waals surface area contributed by atoms with Crippen LogP contribution in [0.3, 0.4) is 0 Å². The van der Waals surface area contributed by atoms with Gasteiger partial charge in [-0.3, -0.25) is 4.79 Å². The van der Waals surface area contributed by atoms with Gasteiger partial charge in [-0.05, 0) is 42.2 Å². The topological polar surface area (TPSA) is 47.6 Å². The average Bonchev–Trinajstić information content (AvgIpc) is 2.53. The van der Waals surface area contributed by atoms with Crippen molar-refractivity contribution in [2.45, 2.75) is 19.8 Å². The summed E-state index contributed by atoms with van der Waals surface area (Å²) in [6.45, 7) is 1.52. The van der Waals surface area contributed by atoms with Crippen molar-refractivity contribution in [3.8, 4) is 11.5 Å². The van der Waals surface area contributed by atoms with Crippen molar-refractivity contribution in [2.24, 2.45) is 0 Å². The molecule has 0 aliphatic carbocycles. The number of nitrogens with one attached hydrogen (secondary N) is 1. The fraction of sp³-hybridized carbons (Fsp3) is 0.278. The first kappa shape index (κ1) is 15.9. The van der Waals surface area contributed by atoms with Crippen LogP contribution in [0, 0.1) is 0 Å². The standard InChI is InChI=1S/C18H21NO3/c1-13(20)19-16-7-5-4-6-15(16)10-8-14-9-11-17(21-2)18(12-14)22-3/h4-7,9,11-12H,8,10H2,1-3H3,(H,19,20). The van der Waals surface area contributed by atoms with Gasteiger partial charge >= 0.3 is 0 Å². The van der Waals surface area contributed by atoms with Crippen LogP contribution in [0.2, 0.25) is 0 Å². The second-order valence-corrected chi connectivity index (χ2v) is 5.03. The quantitative estimate of drug-likeness (QED) is 0.888. The maximum atomic E-state index is 11.3. The monoisotopic (exact) mass is 299 g/mol. The molecule has 0 saturated carbocycles. The van der Waals surface area contributed by atoms with Gasteiger partial charge in [0.2, 0.25) is 5.91 Å². The minimum Gasteiger partial charge on any atom is -0.493 e. The lowest BCUT2D eigenvalue weighted by Gasteiger charge is -2.11. The van der Waals surface area contributed by atoms with Crippen molar-refractivity contribution >= 4 is 11.6 Å². The van der Waals surface area contributed by atoms with Gasteiger partial charge in [0.05, 0.1) is 14.2 Å². The molecule has 0 aliphatic heterocycles. The lowest BCUT2D eigenvalue weighted by Crippen LogP contribution is -2.08. The molecular formula is C18H21NO3. The zero-order chi connectivity index (χ0) is 15.9. The molecule has 0 unspecified atom stereocenters. The highest BCUT2D eigenvalue weighted by molar-refractivity contribution is 5.89. The predicted molar refractivity (Wildman–Crippen MR) is 87.7 cm³/mol. The van der Waals surface area contributed by atoms with Crippen molar-refractivity contribution in [2.75, 3.05) is 19.5 Å². The minimum atomic E-state index is -0.0569. The first-order chi connectivity index (χ1) is 10.6. The molecule has 4 nitrogen and oxygen atoms in total. The number of benzene rings is 2. The Kier molecular flexibility index (Phi) is 5.42. The van der Waals surface area contributed by atoms with E-state index in [1.165, 1.54) is 6.92 Å². The van der Waals surface area contributed by atoms with Gasteiger partial charge in [-0.25, -0.2) is 0 Å². The Morgan fingerprint density at radius 3 is 2.41 bits per heavy atom. The van der Waals surface area contributed by atoms with E-state index in [0.29, 0.717) is 0 Å². The Hall–Kier alpha value is -2.49. The van der Waals surface area contributed by atoms with E-state index in [1.807, 2.05) is 42.5 Å². The summed E-state index contributed by atoms with van der Waals surface area (Å²) in [6, 6.07) is 13.8. The maximum Gasteiger partial charge on any atom is 0.221 e. The third kappa shape index (κ3) is 4.01. The Morgan fingerprint density at radius 1 is 1.00 bits per heavy atom. The van der Waals surface area contributed by atoms with Gasteiger partial charge in [0.1, 0.15) is 0 Å². The van der Waals surface area contributed by atoms with Gasteiger partial charge in [-0.1, -0.05) is 24.3 Å². The highest BCUT2D eigenvalue weighted by Crippen LogP contribution is 2.28. The van der Waals surface area contributed by atoms with Crippen LogP contribution in [0.15, 0.2) is 42.5 Å². The van der Waals surface area contributed by atoms with E-state index in [1.54, 1.807) is 14.2 Å².